The summed E-state index contributed by atoms with van der Waals surface area (Å²) in [6.45, 7) is 4.70. The summed E-state index contributed by atoms with van der Waals surface area (Å²) in [5.41, 5.74) is 7.42. The van der Waals surface area contributed by atoms with E-state index in [0.717, 1.165) is 16.9 Å². The van der Waals surface area contributed by atoms with E-state index in [1.807, 2.05) is 26.0 Å². The van der Waals surface area contributed by atoms with E-state index in [1.54, 1.807) is 7.05 Å². The summed E-state index contributed by atoms with van der Waals surface area (Å²) < 4.78 is 5.63. The summed E-state index contributed by atoms with van der Waals surface area (Å²) in [6.07, 6.45) is 0. The molecule has 0 aromatic heterocycles. The van der Waals surface area contributed by atoms with Crippen molar-refractivity contribution < 1.29 is 14.3 Å². The molecule has 3 N–H and O–H groups in total. The number of aryl methyl sites for hydroxylation is 2. The molecule has 0 aliphatic heterocycles. The topological polar surface area (TPSA) is 84.7 Å². The maximum atomic E-state index is 11.7. The number of likely N-dealkylation sites (N-methyl/N-ethyl adjacent to an activating group) is 1. The molecule has 6 heteroatoms. The van der Waals surface area contributed by atoms with Crippen molar-refractivity contribution in [3.8, 4) is 5.75 Å². The minimum absolute atomic E-state index is 0.0455. The van der Waals surface area contributed by atoms with Crippen LogP contribution in [-0.4, -0.2) is 50.0 Å². The summed E-state index contributed by atoms with van der Waals surface area (Å²) in [5, 5.41) is 2.44. The Labute approximate surface area is 125 Å². The first-order chi connectivity index (χ1) is 9.92. The van der Waals surface area contributed by atoms with Crippen LogP contribution in [0.15, 0.2) is 18.2 Å². The maximum absolute atomic E-state index is 11.7. The number of benzene rings is 1. The van der Waals surface area contributed by atoms with Crippen LogP contribution in [0.3, 0.4) is 0 Å². The van der Waals surface area contributed by atoms with Gasteiger partial charge >= 0.3 is 0 Å². The smallest absolute Gasteiger partial charge is 0.241 e. The highest BCUT2D eigenvalue weighted by Gasteiger charge is 2.09. The summed E-state index contributed by atoms with van der Waals surface area (Å²) in [4.78, 5) is 24.2. The van der Waals surface area contributed by atoms with Gasteiger partial charge in [-0.25, -0.2) is 0 Å². The summed E-state index contributed by atoms with van der Waals surface area (Å²) in [7, 11) is 1.67. The van der Waals surface area contributed by atoms with Gasteiger partial charge in [-0.15, -0.1) is 0 Å². The molecule has 0 heterocycles. The third kappa shape index (κ3) is 6.27. The highest BCUT2D eigenvalue weighted by atomic mass is 16.5. The van der Waals surface area contributed by atoms with Gasteiger partial charge in [0.25, 0.3) is 0 Å². The quantitative estimate of drug-likeness (QED) is 0.753. The number of hydrogen-bond donors (Lipinski definition) is 2. The lowest BCUT2D eigenvalue weighted by Gasteiger charge is -2.18. The Kier molecular flexibility index (Phi) is 6.68. The Bertz CT molecular complexity index is 483. The Morgan fingerprint density at radius 2 is 1.86 bits per heavy atom. The molecule has 2 amide bonds. The highest BCUT2D eigenvalue weighted by molar-refractivity contribution is 5.85. The molecule has 116 valence electrons. The molecule has 0 aliphatic carbocycles. The van der Waals surface area contributed by atoms with Gasteiger partial charge in [0.15, 0.2) is 0 Å². The van der Waals surface area contributed by atoms with E-state index < -0.39 is 0 Å². The Balaban J connectivity index is 2.34. The lowest BCUT2D eigenvalue weighted by atomic mass is 10.1. The van der Waals surface area contributed by atoms with Crippen molar-refractivity contribution in [2.45, 2.75) is 13.8 Å². The first-order valence-electron chi connectivity index (χ1n) is 6.84. The normalized spacial score (nSPS) is 10.1. The SMILES string of the molecule is Cc1cc(C)cc(OCCN(C)C(=O)CNC(=O)CN)c1. The predicted molar refractivity (Wildman–Crippen MR) is 81.1 cm³/mol. The monoisotopic (exact) mass is 293 g/mol. The lowest BCUT2D eigenvalue weighted by Crippen LogP contribution is -2.41. The predicted octanol–water partition coefficient (Wildman–Crippen LogP) is 0.216. The molecule has 6 nitrogen and oxygen atoms in total. The van der Waals surface area contributed by atoms with E-state index >= 15 is 0 Å². The number of nitrogens with zero attached hydrogens (tertiary/aromatic N) is 1. The van der Waals surface area contributed by atoms with Crippen molar-refractivity contribution in [1.82, 2.24) is 10.2 Å². The van der Waals surface area contributed by atoms with E-state index in [0.29, 0.717) is 13.2 Å². The molecule has 0 spiro atoms. The Hall–Kier alpha value is -2.08. The first-order valence-corrected chi connectivity index (χ1v) is 6.84. The largest absolute Gasteiger partial charge is 0.492 e. The van der Waals surface area contributed by atoms with E-state index in [-0.39, 0.29) is 24.9 Å². The van der Waals surface area contributed by atoms with E-state index in [4.69, 9.17) is 10.5 Å². The Morgan fingerprint density at radius 1 is 1.24 bits per heavy atom. The van der Waals surface area contributed by atoms with Crippen LogP contribution in [0.1, 0.15) is 11.1 Å². The molecule has 21 heavy (non-hydrogen) atoms. The molecule has 0 radical (unpaired) electrons. The van der Waals surface area contributed by atoms with Crippen LogP contribution >= 0.6 is 0 Å². The number of hydrogen-bond acceptors (Lipinski definition) is 4. The van der Waals surface area contributed by atoms with Crippen molar-refractivity contribution in [2.75, 3.05) is 33.3 Å². The van der Waals surface area contributed by atoms with Crippen LogP contribution < -0.4 is 15.8 Å². The van der Waals surface area contributed by atoms with Crippen LogP contribution in [0.5, 0.6) is 5.75 Å². The fourth-order valence-corrected chi connectivity index (χ4v) is 1.82. The number of carbonyl (C=O) groups excluding carboxylic acids is 2. The zero-order valence-corrected chi connectivity index (χ0v) is 12.8. The second-order valence-electron chi connectivity index (χ2n) is 4.97. The molecular formula is C15H23N3O3. The summed E-state index contributed by atoms with van der Waals surface area (Å²) in [6, 6.07) is 5.98. The van der Waals surface area contributed by atoms with Crippen molar-refractivity contribution in [3.63, 3.8) is 0 Å². The number of rotatable bonds is 7. The van der Waals surface area contributed by atoms with Gasteiger partial charge in [0.05, 0.1) is 19.6 Å². The van der Waals surface area contributed by atoms with Crippen molar-refractivity contribution in [2.24, 2.45) is 5.73 Å². The zero-order chi connectivity index (χ0) is 15.8. The fourth-order valence-electron chi connectivity index (χ4n) is 1.82. The third-order valence-electron chi connectivity index (χ3n) is 2.94. The van der Waals surface area contributed by atoms with Crippen molar-refractivity contribution in [3.05, 3.63) is 29.3 Å². The van der Waals surface area contributed by atoms with E-state index in [2.05, 4.69) is 11.4 Å². The molecule has 0 unspecified atom stereocenters. The van der Waals surface area contributed by atoms with Gasteiger partial charge in [-0.05, 0) is 37.1 Å². The van der Waals surface area contributed by atoms with Gasteiger partial charge in [0.1, 0.15) is 12.4 Å². The average Bonchev–Trinajstić information content (AvgIpc) is 2.43. The van der Waals surface area contributed by atoms with Gasteiger partial charge in [0, 0.05) is 7.05 Å². The average molecular weight is 293 g/mol. The molecule has 1 aromatic carbocycles. The van der Waals surface area contributed by atoms with Crippen molar-refractivity contribution in [1.29, 1.82) is 0 Å². The van der Waals surface area contributed by atoms with Gasteiger partial charge in [-0.2, -0.15) is 0 Å². The highest BCUT2D eigenvalue weighted by Crippen LogP contribution is 2.15. The van der Waals surface area contributed by atoms with E-state index in [9.17, 15) is 9.59 Å². The minimum Gasteiger partial charge on any atom is -0.492 e. The van der Waals surface area contributed by atoms with Crippen LogP contribution in [0.25, 0.3) is 0 Å². The molecule has 1 rings (SSSR count). The molecule has 0 saturated heterocycles. The standard InChI is InChI=1S/C15H23N3O3/c1-11-6-12(2)8-13(7-11)21-5-4-18(3)15(20)10-17-14(19)9-16/h6-8H,4-5,9-10,16H2,1-3H3,(H,17,19). The summed E-state index contributed by atoms with van der Waals surface area (Å²) >= 11 is 0. The van der Waals surface area contributed by atoms with Gasteiger partial charge in [0.2, 0.25) is 11.8 Å². The molecule has 0 aliphatic rings. The number of nitrogens with one attached hydrogen (secondary N) is 1. The zero-order valence-electron chi connectivity index (χ0n) is 12.8. The second kappa shape index (κ2) is 8.26. The molecule has 0 atom stereocenters. The maximum Gasteiger partial charge on any atom is 0.241 e. The number of carbonyl (C=O) groups is 2. The van der Waals surface area contributed by atoms with E-state index in [1.165, 1.54) is 4.90 Å². The van der Waals surface area contributed by atoms with Gasteiger partial charge in [-0.3, -0.25) is 9.59 Å². The minimum atomic E-state index is -0.344. The van der Waals surface area contributed by atoms with Crippen LogP contribution in [0.4, 0.5) is 0 Å². The fraction of sp³-hybridized carbons (Fsp3) is 0.467. The molecule has 0 fully saturated rings. The van der Waals surface area contributed by atoms with Crippen LogP contribution in [0, 0.1) is 13.8 Å². The first kappa shape index (κ1) is 17.0. The Morgan fingerprint density at radius 3 is 2.43 bits per heavy atom. The molecular weight excluding hydrogens is 270 g/mol. The van der Waals surface area contributed by atoms with Crippen LogP contribution in [-0.2, 0) is 9.59 Å². The number of nitrogens with two attached hydrogens (primary N) is 1. The number of ether oxygens (including phenoxy) is 1. The molecule has 1 aromatic rings. The van der Waals surface area contributed by atoms with Crippen LogP contribution in [0.2, 0.25) is 0 Å². The van der Waals surface area contributed by atoms with Gasteiger partial charge in [-0.1, -0.05) is 6.07 Å². The van der Waals surface area contributed by atoms with Crippen molar-refractivity contribution >= 4 is 11.8 Å². The second-order valence-corrected chi connectivity index (χ2v) is 4.97. The third-order valence-corrected chi connectivity index (χ3v) is 2.94. The molecule has 0 bridgehead atoms. The van der Waals surface area contributed by atoms with Gasteiger partial charge < -0.3 is 20.7 Å². The summed E-state index contributed by atoms with van der Waals surface area (Å²) in [5.74, 6) is 0.272. The molecule has 0 saturated carbocycles. The lowest BCUT2D eigenvalue weighted by molar-refractivity contribution is -0.131. The number of amides is 2.